The molecule has 1 aliphatic heterocycles. The maximum atomic E-state index is 12.0. The Morgan fingerprint density at radius 1 is 1.25 bits per heavy atom. The molecule has 0 fully saturated rings. The fourth-order valence-electron chi connectivity index (χ4n) is 2.01. The second-order valence-corrected chi connectivity index (χ2v) is 4.34. The summed E-state index contributed by atoms with van der Waals surface area (Å²) in [5.41, 5.74) is 1.39. The third kappa shape index (κ3) is 2.28. The Morgan fingerprint density at radius 2 is 2.10 bits per heavy atom. The van der Waals surface area contributed by atoms with Crippen LogP contribution in [0.15, 0.2) is 35.3 Å². The summed E-state index contributed by atoms with van der Waals surface area (Å²) in [6, 6.07) is 6.43. The SMILES string of the molecule is O=C1Cc2cc(C(=O)Nc3ccnc(=O)[nH]3)ccc2N1. The van der Waals surface area contributed by atoms with E-state index in [0.29, 0.717) is 5.56 Å². The molecule has 0 atom stereocenters. The molecule has 2 aromatic rings. The molecule has 7 nitrogen and oxygen atoms in total. The van der Waals surface area contributed by atoms with Crippen molar-refractivity contribution < 1.29 is 9.59 Å². The second-order valence-electron chi connectivity index (χ2n) is 4.34. The number of aromatic amines is 1. The summed E-state index contributed by atoms with van der Waals surface area (Å²) < 4.78 is 0. The first-order valence-electron chi connectivity index (χ1n) is 5.91. The van der Waals surface area contributed by atoms with E-state index in [9.17, 15) is 14.4 Å². The summed E-state index contributed by atoms with van der Waals surface area (Å²) in [6.07, 6.45) is 1.57. The number of H-pyrrole nitrogens is 1. The molecule has 0 aliphatic carbocycles. The van der Waals surface area contributed by atoms with Gasteiger partial charge in [-0.1, -0.05) is 0 Å². The summed E-state index contributed by atoms with van der Waals surface area (Å²) in [6.45, 7) is 0. The number of benzene rings is 1. The van der Waals surface area contributed by atoms with E-state index in [0.717, 1.165) is 11.3 Å². The zero-order valence-electron chi connectivity index (χ0n) is 10.3. The van der Waals surface area contributed by atoms with Crippen LogP contribution < -0.4 is 16.3 Å². The van der Waals surface area contributed by atoms with Gasteiger partial charge >= 0.3 is 5.69 Å². The van der Waals surface area contributed by atoms with E-state index in [1.807, 2.05) is 0 Å². The highest BCUT2D eigenvalue weighted by molar-refractivity contribution is 6.06. The Hall–Kier alpha value is -2.96. The molecule has 1 aliphatic rings. The predicted octanol–water partition coefficient (Wildman–Crippen LogP) is 0.517. The number of nitrogens with one attached hydrogen (secondary N) is 3. The van der Waals surface area contributed by atoms with Gasteiger partial charge in [0.25, 0.3) is 5.91 Å². The highest BCUT2D eigenvalue weighted by atomic mass is 16.2. The van der Waals surface area contributed by atoms with Crippen LogP contribution in [0.5, 0.6) is 0 Å². The lowest BCUT2D eigenvalue weighted by atomic mass is 10.1. The van der Waals surface area contributed by atoms with E-state index < -0.39 is 5.69 Å². The first kappa shape index (κ1) is 12.1. The summed E-state index contributed by atoms with van der Waals surface area (Å²) in [4.78, 5) is 40.2. The predicted molar refractivity (Wildman–Crippen MR) is 71.6 cm³/mol. The summed E-state index contributed by atoms with van der Waals surface area (Å²) in [5.74, 6) is -0.185. The molecule has 3 N–H and O–H groups in total. The van der Waals surface area contributed by atoms with Gasteiger partial charge in [0, 0.05) is 17.4 Å². The maximum absolute atomic E-state index is 12.0. The molecule has 2 heterocycles. The minimum Gasteiger partial charge on any atom is -0.326 e. The number of anilines is 2. The molecule has 1 aromatic carbocycles. The molecule has 1 aromatic heterocycles. The first-order valence-corrected chi connectivity index (χ1v) is 5.91. The second kappa shape index (κ2) is 4.61. The van der Waals surface area contributed by atoms with E-state index in [1.165, 1.54) is 12.3 Å². The molecular formula is C13H10N4O3. The minimum atomic E-state index is -0.536. The van der Waals surface area contributed by atoms with Gasteiger partial charge in [-0.25, -0.2) is 9.78 Å². The van der Waals surface area contributed by atoms with Crippen molar-refractivity contribution in [1.82, 2.24) is 9.97 Å². The number of fused-ring (bicyclic) bond motifs is 1. The third-order valence-electron chi connectivity index (χ3n) is 2.92. The number of hydrogen-bond donors (Lipinski definition) is 3. The molecule has 0 radical (unpaired) electrons. The van der Waals surface area contributed by atoms with Crippen LogP contribution >= 0.6 is 0 Å². The van der Waals surface area contributed by atoms with E-state index in [1.54, 1.807) is 18.2 Å². The van der Waals surface area contributed by atoms with Gasteiger partial charge < -0.3 is 10.6 Å². The van der Waals surface area contributed by atoms with E-state index in [-0.39, 0.29) is 24.1 Å². The van der Waals surface area contributed by atoms with Crippen molar-refractivity contribution in [2.45, 2.75) is 6.42 Å². The van der Waals surface area contributed by atoms with Crippen LogP contribution in [0.2, 0.25) is 0 Å². The van der Waals surface area contributed by atoms with Crippen LogP contribution in [0.1, 0.15) is 15.9 Å². The normalized spacial score (nSPS) is 12.7. The van der Waals surface area contributed by atoms with Crippen molar-refractivity contribution in [3.8, 4) is 0 Å². The summed E-state index contributed by atoms with van der Waals surface area (Å²) in [5, 5.41) is 5.26. The van der Waals surface area contributed by atoms with Gasteiger partial charge in [-0.3, -0.25) is 14.6 Å². The number of carbonyl (C=O) groups excluding carboxylic acids is 2. The van der Waals surface area contributed by atoms with Gasteiger partial charge in [-0.05, 0) is 29.8 Å². The molecule has 7 heteroatoms. The van der Waals surface area contributed by atoms with Gasteiger partial charge in [0.2, 0.25) is 5.91 Å². The van der Waals surface area contributed by atoms with Gasteiger partial charge in [-0.15, -0.1) is 0 Å². The van der Waals surface area contributed by atoms with Crippen LogP contribution in [0.4, 0.5) is 11.5 Å². The Morgan fingerprint density at radius 3 is 2.90 bits per heavy atom. The van der Waals surface area contributed by atoms with Crippen LogP contribution in [0.3, 0.4) is 0 Å². The molecule has 0 spiro atoms. The van der Waals surface area contributed by atoms with Crippen molar-refractivity contribution >= 4 is 23.3 Å². The molecule has 100 valence electrons. The van der Waals surface area contributed by atoms with Crippen LogP contribution in [0, 0.1) is 0 Å². The Balaban J connectivity index is 1.83. The molecule has 3 rings (SSSR count). The Bertz CT molecular complexity index is 766. The summed E-state index contributed by atoms with van der Waals surface area (Å²) in [7, 11) is 0. The molecule has 0 bridgehead atoms. The molecule has 0 unspecified atom stereocenters. The number of rotatable bonds is 2. The quantitative estimate of drug-likeness (QED) is 0.739. The Kier molecular flexibility index (Phi) is 2.79. The van der Waals surface area contributed by atoms with Crippen molar-refractivity contribution in [2.24, 2.45) is 0 Å². The van der Waals surface area contributed by atoms with E-state index in [2.05, 4.69) is 20.6 Å². The number of carbonyl (C=O) groups is 2. The lowest BCUT2D eigenvalue weighted by molar-refractivity contribution is -0.115. The van der Waals surface area contributed by atoms with Crippen molar-refractivity contribution in [3.05, 3.63) is 52.1 Å². The molecule has 0 saturated heterocycles. The smallest absolute Gasteiger partial charge is 0.326 e. The lowest BCUT2D eigenvalue weighted by Gasteiger charge is -2.06. The number of amides is 2. The van der Waals surface area contributed by atoms with Crippen molar-refractivity contribution in [2.75, 3.05) is 10.6 Å². The van der Waals surface area contributed by atoms with Gasteiger partial charge in [0.1, 0.15) is 5.82 Å². The average Bonchev–Trinajstić information content (AvgIpc) is 2.77. The molecule has 0 saturated carbocycles. The fraction of sp³-hybridized carbons (Fsp3) is 0.0769. The topological polar surface area (TPSA) is 104 Å². The zero-order valence-corrected chi connectivity index (χ0v) is 10.3. The molecule has 2 amide bonds. The Labute approximate surface area is 113 Å². The van der Waals surface area contributed by atoms with Crippen LogP contribution in [0.25, 0.3) is 0 Å². The van der Waals surface area contributed by atoms with Crippen molar-refractivity contribution in [3.63, 3.8) is 0 Å². The first-order chi connectivity index (χ1) is 9.61. The average molecular weight is 270 g/mol. The van der Waals surface area contributed by atoms with E-state index >= 15 is 0 Å². The van der Waals surface area contributed by atoms with Gasteiger partial charge in [0.15, 0.2) is 0 Å². The standard InChI is InChI=1S/C13H10N4O3/c18-11-6-8-5-7(1-2-9(8)15-11)12(19)16-10-3-4-14-13(20)17-10/h1-5H,6H2,(H,15,18)(H2,14,16,17,19,20). The largest absolute Gasteiger partial charge is 0.346 e. The van der Waals surface area contributed by atoms with Gasteiger partial charge in [0.05, 0.1) is 6.42 Å². The fourth-order valence-corrected chi connectivity index (χ4v) is 2.01. The molecular weight excluding hydrogens is 260 g/mol. The number of nitrogens with zero attached hydrogens (tertiary/aromatic N) is 1. The summed E-state index contributed by atoms with van der Waals surface area (Å²) >= 11 is 0. The number of hydrogen-bond acceptors (Lipinski definition) is 4. The maximum Gasteiger partial charge on any atom is 0.346 e. The monoisotopic (exact) mass is 270 g/mol. The molecule has 20 heavy (non-hydrogen) atoms. The highest BCUT2D eigenvalue weighted by Gasteiger charge is 2.19. The van der Waals surface area contributed by atoms with E-state index in [4.69, 9.17) is 0 Å². The van der Waals surface area contributed by atoms with Gasteiger partial charge in [-0.2, -0.15) is 0 Å². The minimum absolute atomic E-state index is 0.0870. The van der Waals surface area contributed by atoms with Crippen LogP contribution in [-0.2, 0) is 11.2 Å². The van der Waals surface area contributed by atoms with Crippen molar-refractivity contribution in [1.29, 1.82) is 0 Å². The third-order valence-corrected chi connectivity index (χ3v) is 2.92. The highest BCUT2D eigenvalue weighted by Crippen LogP contribution is 2.24. The van der Waals surface area contributed by atoms with Crippen LogP contribution in [-0.4, -0.2) is 21.8 Å². The lowest BCUT2D eigenvalue weighted by Crippen LogP contribution is -2.17. The number of aromatic nitrogens is 2. The zero-order chi connectivity index (χ0) is 14.1.